The molecule has 0 aliphatic rings. The molecule has 0 fully saturated rings. The minimum atomic E-state index is 0.346. The molecule has 0 heterocycles. The van der Waals surface area contributed by atoms with Gasteiger partial charge in [0.05, 0.1) is 0 Å². The van der Waals surface area contributed by atoms with Crippen LogP contribution in [-0.2, 0) is 0 Å². The van der Waals surface area contributed by atoms with Crippen LogP contribution in [0.1, 0.15) is 61.3 Å². The van der Waals surface area contributed by atoms with Crippen molar-refractivity contribution >= 4 is 0 Å². The van der Waals surface area contributed by atoms with E-state index in [0.29, 0.717) is 10.8 Å². The Morgan fingerprint density at radius 1 is 1.08 bits per heavy atom. The normalized spacial score (nSPS) is 12.8. The summed E-state index contributed by atoms with van der Waals surface area (Å²) in [7, 11) is 0. The van der Waals surface area contributed by atoms with Crippen LogP contribution in [0.25, 0.3) is 0 Å². The van der Waals surface area contributed by atoms with Gasteiger partial charge in [-0.2, -0.15) is 0 Å². The van der Waals surface area contributed by atoms with Gasteiger partial charge in [-0.15, -0.1) is 0 Å². The predicted octanol–water partition coefficient (Wildman–Crippen LogP) is 4.81. The van der Waals surface area contributed by atoms with Crippen molar-refractivity contribution in [1.29, 1.82) is 0 Å². The lowest BCUT2D eigenvalue weighted by atomic mass is 9.73. The maximum absolute atomic E-state index is 2.39. The van der Waals surface area contributed by atoms with Crippen molar-refractivity contribution in [2.24, 2.45) is 10.8 Å². The first-order valence-corrected chi connectivity index (χ1v) is 5.35. The summed E-state index contributed by atoms with van der Waals surface area (Å²) in [5.74, 6) is 0. The summed E-state index contributed by atoms with van der Waals surface area (Å²) < 4.78 is 0. The van der Waals surface area contributed by atoms with Gasteiger partial charge in [0, 0.05) is 0 Å². The Labute approximate surface area is 84.4 Å². The van der Waals surface area contributed by atoms with E-state index in [4.69, 9.17) is 0 Å². The molecule has 0 aromatic carbocycles. The van der Waals surface area contributed by atoms with Crippen LogP contribution in [0.3, 0.4) is 0 Å². The molecule has 0 aliphatic heterocycles. The molecule has 0 radical (unpaired) electrons. The Balaban J connectivity index is 4.42. The molecular formula is C13H26. The van der Waals surface area contributed by atoms with E-state index in [-0.39, 0.29) is 0 Å². The third-order valence-corrected chi connectivity index (χ3v) is 2.57. The topological polar surface area (TPSA) is 0 Å². The maximum Gasteiger partial charge on any atom is -0.0167 e. The number of allylic oxidation sites excluding steroid dienone is 2. The molecule has 0 unspecified atom stereocenters. The van der Waals surface area contributed by atoms with E-state index in [2.05, 4.69) is 54.5 Å². The van der Waals surface area contributed by atoms with Gasteiger partial charge in [-0.1, -0.05) is 52.7 Å². The van der Waals surface area contributed by atoms with Crippen LogP contribution in [-0.4, -0.2) is 0 Å². The quantitative estimate of drug-likeness (QED) is 0.548. The highest BCUT2D eigenvalue weighted by Crippen LogP contribution is 2.37. The molecule has 0 saturated carbocycles. The standard InChI is InChI=1S/C13H26/c1-8-12(4,5)10-13(6,7)9-11(2)3/h9H,8,10H2,1-7H3. The lowest BCUT2D eigenvalue weighted by molar-refractivity contribution is 0.229. The highest BCUT2D eigenvalue weighted by molar-refractivity contribution is 5.03. The summed E-state index contributed by atoms with van der Waals surface area (Å²) in [5, 5.41) is 0. The predicted molar refractivity (Wildman–Crippen MR) is 61.9 cm³/mol. The van der Waals surface area contributed by atoms with Gasteiger partial charge in [0.2, 0.25) is 0 Å². The summed E-state index contributed by atoms with van der Waals surface area (Å²) in [6, 6.07) is 0. The van der Waals surface area contributed by atoms with Crippen LogP contribution in [0.4, 0.5) is 0 Å². The first kappa shape index (κ1) is 12.7. The van der Waals surface area contributed by atoms with Gasteiger partial charge in [0.25, 0.3) is 0 Å². The Morgan fingerprint density at radius 2 is 1.54 bits per heavy atom. The fraction of sp³-hybridized carbons (Fsp3) is 0.846. The summed E-state index contributed by atoms with van der Waals surface area (Å²) in [6.07, 6.45) is 4.92. The van der Waals surface area contributed by atoms with Crippen molar-refractivity contribution in [2.45, 2.75) is 61.3 Å². The Kier molecular flexibility index (Phi) is 4.22. The SMILES string of the molecule is CCC(C)(C)CC(C)(C)C=C(C)C. The van der Waals surface area contributed by atoms with Gasteiger partial charge >= 0.3 is 0 Å². The van der Waals surface area contributed by atoms with Crippen LogP contribution < -0.4 is 0 Å². The van der Waals surface area contributed by atoms with Crippen molar-refractivity contribution in [1.82, 2.24) is 0 Å². The zero-order chi connectivity index (χ0) is 10.7. The second kappa shape index (κ2) is 4.30. The molecule has 0 bridgehead atoms. The minimum Gasteiger partial charge on any atom is -0.0802 e. The molecule has 0 heteroatoms. The van der Waals surface area contributed by atoms with Gasteiger partial charge in [0.15, 0.2) is 0 Å². The van der Waals surface area contributed by atoms with Crippen LogP contribution >= 0.6 is 0 Å². The van der Waals surface area contributed by atoms with Crippen molar-refractivity contribution in [3.8, 4) is 0 Å². The molecular weight excluding hydrogens is 156 g/mol. The van der Waals surface area contributed by atoms with Crippen molar-refractivity contribution in [3.05, 3.63) is 11.6 Å². The number of hydrogen-bond donors (Lipinski definition) is 0. The van der Waals surface area contributed by atoms with Crippen molar-refractivity contribution in [3.63, 3.8) is 0 Å². The second-order valence-electron chi connectivity index (χ2n) is 5.90. The average molecular weight is 182 g/mol. The van der Waals surface area contributed by atoms with E-state index >= 15 is 0 Å². The van der Waals surface area contributed by atoms with Crippen molar-refractivity contribution in [2.75, 3.05) is 0 Å². The highest BCUT2D eigenvalue weighted by Gasteiger charge is 2.25. The van der Waals surface area contributed by atoms with Gasteiger partial charge in [-0.3, -0.25) is 0 Å². The fourth-order valence-electron chi connectivity index (χ4n) is 2.19. The fourth-order valence-corrected chi connectivity index (χ4v) is 2.19. The maximum atomic E-state index is 2.39. The smallest absolute Gasteiger partial charge is 0.0167 e. The summed E-state index contributed by atoms with van der Waals surface area (Å²) in [4.78, 5) is 0. The minimum absolute atomic E-state index is 0.346. The Morgan fingerprint density at radius 3 is 1.85 bits per heavy atom. The van der Waals surface area contributed by atoms with Crippen LogP contribution in [0, 0.1) is 10.8 Å². The molecule has 0 rings (SSSR count). The number of rotatable bonds is 4. The van der Waals surface area contributed by atoms with E-state index in [1.54, 1.807) is 0 Å². The molecule has 0 nitrogen and oxygen atoms in total. The lowest BCUT2D eigenvalue weighted by Gasteiger charge is -2.32. The van der Waals surface area contributed by atoms with Crippen LogP contribution in [0.2, 0.25) is 0 Å². The first-order valence-electron chi connectivity index (χ1n) is 5.35. The third kappa shape index (κ3) is 5.90. The average Bonchev–Trinajstić information content (AvgIpc) is 1.81. The summed E-state index contributed by atoms with van der Waals surface area (Å²) >= 11 is 0. The van der Waals surface area contributed by atoms with Gasteiger partial charge in [-0.05, 0) is 31.1 Å². The zero-order valence-corrected chi connectivity index (χ0v) is 10.5. The lowest BCUT2D eigenvalue weighted by Crippen LogP contribution is -2.21. The number of hydrogen-bond acceptors (Lipinski definition) is 0. The Hall–Kier alpha value is -0.260. The highest BCUT2D eigenvalue weighted by atomic mass is 14.3. The summed E-state index contributed by atoms with van der Waals surface area (Å²) in [5.41, 5.74) is 2.24. The molecule has 0 amide bonds. The summed E-state index contributed by atoms with van der Waals surface area (Å²) in [6.45, 7) is 16.0. The van der Waals surface area contributed by atoms with E-state index in [1.165, 1.54) is 18.4 Å². The van der Waals surface area contributed by atoms with Crippen LogP contribution in [0.5, 0.6) is 0 Å². The van der Waals surface area contributed by atoms with E-state index < -0.39 is 0 Å². The molecule has 13 heavy (non-hydrogen) atoms. The van der Waals surface area contributed by atoms with E-state index in [0.717, 1.165) is 0 Å². The molecule has 0 aromatic rings. The molecule has 0 spiro atoms. The second-order valence-corrected chi connectivity index (χ2v) is 5.90. The van der Waals surface area contributed by atoms with Crippen molar-refractivity contribution < 1.29 is 0 Å². The molecule has 0 N–H and O–H groups in total. The first-order chi connectivity index (χ1) is 5.68. The van der Waals surface area contributed by atoms with E-state index in [1.807, 2.05) is 0 Å². The zero-order valence-electron chi connectivity index (χ0n) is 10.5. The molecule has 0 atom stereocenters. The van der Waals surface area contributed by atoms with Crippen LogP contribution in [0.15, 0.2) is 11.6 Å². The van der Waals surface area contributed by atoms with Gasteiger partial charge in [-0.25, -0.2) is 0 Å². The third-order valence-electron chi connectivity index (χ3n) is 2.57. The van der Waals surface area contributed by atoms with E-state index in [9.17, 15) is 0 Å². The Bertz CT molecular complexity index is 178. The van der Waals surface area contributed by atoms with Gasteiger partial charge < -0.3 is 0 Å². The largest absolute Gasteiger partial charge is 0.0802 e. The molecule has 0 aliphatic carbocycles. The molecule has 78 valence electrons. The molecule has 0 aromatic heterocycles. The monoisotopic (exact) mass is 182 g/mol. The molecule has 0 saturated heterocycles. The van der Waals surface area contributed by atoms with Gasteiger partial charge in [0.1, 0.15) is 0 Å².